The number of aliphatic carboxylic acids is 1. The van der Waals surface area contributed by atoms with Crippen molar-refractivity contribution in [3.05, 3.63) is 52.1 Å². The predicted molar refractivity (Wildman–Crippen MR) is 72.5 cm³/mol. The maximum Gasteiger partial charge on any atom is 0.327 e. The second-order valence-corrected chi connectivity index (χ2v) is 3.67. The minimum atomic E-state index is -0.981. The van der Waals surface area contributed by atoms with E-state index in [4.69, 9.17) is 15.3 Å². The van der Waals surface area contributed by atoms with Crippen LogP contribution in [0.4, 0.5) is 5.69 Å². The molecule has 0 unspecified atom stereocenters. The van der Waals surface area contributed by atoms with E-state index in [2.05, 4.69) is 6.58 Å². The fourth-order valence-electron chi connectivity index (χ4n) is 1.52. The summed E-state index contributed by atoms with van der Waals surface area (Å²) in [5.74, 6) is -0.981. The number of nitrogens with zero attached hydrogens (tertiary/aromatic N) is 1. The molecule has 0 amide bonds. The van der Waals surface area contributed by atoms with Crippen molar-refractivity contribution >= 4 is 11.7 Å². The number of aliphatic hydroxyl groups excluding tert-OH is 2. The van der Waals surface area contributed by atoms with E-state index in [1.165, 1.54) is 0 Å². The molecule has 0 aliphatic heterocycles. The van der Waals surface area contributed by atoms with E-state index in [1.54, 1.807) is 18.2 Å². The van der Waals surface area contributed by atoms with Crippen LogP contribution in [-0.4, -0.2) is 39.4 Å². The summed E-state index contributed by atoms with van der Waals surface area (Å²) in [7, 11) is 0. The van der Waals surface area contributed by atoms with Gasteiger partial charge in [0.25, 0.3) is 5.69 Å². The molecule has 7 heteroatoms. The Bertz CT molecular complexity index is 448. The number of rotatable bonds is 6. The van der Waals surface area contributed by atoms with Gasteiger partial charge in [0.05, 0.1) is 4.92 Å². The molecule has 0 spiro atoms. The molecule has 0 bridgehead atoms. The molecular formula is C13H17NO6. The second-order valence-electron chi connectivity index (χ2n) is 3.67. The average molecular weight is 283 g/mol. The van der Waals surface area contributed by atoms with Gasteiger partial charge in [-0.2, -0.15) is 0 Å². The number of hydrogen-bond acceptors (Lipinski definition) is 5. The molecule has 110 valence electrons. The van der Waals surface area contributed by atoms with Crippen molar-refractivity contribution in [3.63, 3.8) is 0 Å². The van der Waals surface area contributed by atoms with Crippen LogP contribution in [0, 0.1) is 10.1 Å². The summed E-state index contributed by atoms with van der Waals surface area (Å²) in [5, 5.41) is 36.0. The lowest BCUT2D eigenvalue weighted by Crippen LogP contribution is -2.03. The molecule has 0 aliphatic rings. The van der Waals surface area contributed by atoms with Crippen LogP contribution in [0.25, 0.3) is 0 Å². The van der Waals surface area contributed by atoms with Gasteiger partial charge in [0.15, 0.2) is 0 Å². The predicted octanol–water partition coefficient (Wildman–Crippen LogP) is 0.921. The fourth-order valence-corrected chi connectivity index (χ4v) is 1.52. The van der Waals surface area contributed by atoms with Gasteiger partial charge in [0.1, 0.15) is 0 Å². The summed E-state index contributed by atoms with van der Waals surface area (Å²) in [6.07, 6.45) is 1.35. The lowest BCUT2D eigenvalue weighted by Gasteiger charge is -2.05. The number of aliphatic hydroxyl groups is 2. The maximum absolute atomic E-state index is 10.8. The molecule has 0 aliphatic carbocycles. The van der Waals surface area contributed by atoms with Gasteiger partial charge in [-0.3, -0.25) is 10.1 Å². The topological polar surface area (TPSA) is 121 Å². The molecule has 1 rings (SSSR count). The molecule has 0 radical (unpaired) electrons. The zero-order chi connectivity index (χ0) is 15.5. The Morgan fingerprint density at radius 2 is 1.65 bits per heavy atom. The van der Waals surface area contributed by atoms with Gasteiger partial charge in [0.2, 0.25) is 0 Å². The number of para-hydroxylation sites is 1. The van der Waals surface area contributed by atoms with Crippen LogP contribution in [0.15, 0.2) is 30.9 Å². The molecule has 0 atom stereocenters. The lowest BCUT2D eigenvalue weighted by molar-refractivity contribution is -0.386. The van der Waals surface area contributed by atoms with Crippen molar-refractivity contribution in [1.82, 2.24) is 0 Å². The van der Waals surface area contributed by atoms with Gasteiger partial charge in [-0.15, -0.1) is 0 Å². The summed E-state index contributed by atoms with van der Waals surface area (Å²) in [6.45, 7) is 2.72. The molecule has 0 fully saturated rings. The SMILES string of the molecule is C=CC(=O)O.O=[N+]([O-])c1c(CCO)cccc1CCO. The van der Waals surface area contributed by atoms with Crippen molar-refractivity contribution in [2.45, 2.75) is 12.8 Å². The second kappa shape index (κ2) is 9.65. The van der Waals surface area contributed by atoms with Crippen molar-refractivity contribution in [3.8, 4) is 0 Å². The molecule has 0 saturated carbocycles. The smallest absolute Gasteiger partial charge is 0.327 e. The largest absolute Gasteiger partial charge is 0.478 e. The van der Waals surface area contributed by atoms with Crippen LogP contribution in [0.3, 0.4) is 0 Å². The minimum absolute atomic E-state index is 0.0144. The van der Waals surface area contributed by atoms with Crippen molar-refractivity contribution in [2.24, 2.45) is 0 Å². The van der Waals surface area contributed by atoms with Crippen LogP contribution < -0.4 is 0 Å². The number of nitro groups is 1. The molecular weight excluding hydrogens is 266 g/mol. The van der Waals surface area contributed by atoms with Gasteiger partial charge in [-0.25, -0.2) is 4.79 Å². The minimum Gasteiger partial charge on any atom is -0.478 e. The van der Waals surface area contributed by atoms with Gasteiger partial charge in [-0.05, 0) is 0 Å². The summed E-state index contributed by atoms with van der Waals surface area (Å²) >= 11 is 0. The van der Waals surface area contributed by atoms with Crippen LogP contribution >= 0.6 is 0 Å². The van der Waals surface area contributed by atoms with Gasteiger partial charge in [0, 0.05) is 43.3 Å². The number of carbonyl (C=O) groups is 1. The van der Waals surface area contributed by atoms with Crippen molar-refractivity contribution in [2.75, 3.05) is 13.2 Å². The maximum atomic E-state index is 10.8. The Labute approximate surface area is 115 Å². The van der Waals surface area contributed by atoms with Crippen LogP contribution in [0.2, 0.25) is 0 Å². The third-order valence-electron chi connectivity index (χ3n) is 2.32. The van der Waals surface area contributed by atoms with Gasteiger partial charge >= 0.3 is 5.97 Å². The van der Waals surface area contributed by atoms with E-state index in [0.29, 0.717) is 11.1 Å². The van der Waals surface area contributed by atoms with Crippen molar-refractivity contribution in [1.29, 1.82) is 0 Å². The standard InChI is InChI=1S/C10H13NO4.C3H4O2/c12-6-4-8-2-1-3-9(5-7-13)10(8)11(14)15;1-2-3(4)5/h1-3,12-13H,4-7H2;2H,1H2,(H,4,5). The molecule has 0 aromatic heterocycles. The Kier molecular flexibility index (Phi) is 8.56. The summed E-state index contributed by atoms with van der Waals surface area (Å²) in [4.78, 5) is 19.6. The Hall–Kier alpha value is -2.25. The Morgan fingerprint density at radius 3 is 1.90 bits per heavy atom. The van der Waals surface area contributed by atoms with E-state index in [0.717, 1.165) is 6.08 Å². The zero-order valence-electron chi connectivity index (χ0n) is 10.9. The summed E-state index contributed by atoms with van der Waals surface area (Å²) in [6, 6.07) is 4.94. The van der Waals surface area contributed by atoms with E-state index in [1.807, 2.05) is 0 Å². The molecule has 0 heterocycles. The normalized spacial score (nSPS) is 9.30. The van der Waals surface area contributed by atoms with E-state index < -0.39 is 10.9 Å². The number of carboxylic acid groups (broad SMARTS) is 1. The fraction of sp³-hybridized carbons (Fsp3) is 0.308. The third kappa shape index (κ3) is 6.07. The average Bonchev–Trinajstić information content (AvgIpc) is 2.40. The molecule has 7 nitrogen and oxygen atoms in total. The monoisotopic (exact) mass is 283 g/mol. The first-order valence-electron chi connectivity index (χ1n) is 5.80. The van der Waals surface area contributed by atoms with Crippen molar-refractivity contribution < 1.29 is 25.0 Å². The molecule has 3 N–H and O–H groups in total. The summed E-state index contributed by atoms with van der Waals surface area (Å²) in [5.41, 5.74) is 1.03. The quantitative estimate of drug-likeness (QED) is 0.405. The molecule has 1 aromatic carbocycles. The van der Waals surface area contributed by atoms with E-state index >= 15 is 0 Å². The molecule has 20 heavy (non-hydrogen) atoms. The highest BCUT2D eigenvalue weighted by Gasteiger charge is 2.18. The van der Waals surface area contributed by atoms with Gasteiger partial charge < -0.3 is 15.3 Å². The Morgan fingerprint density at radius 1 is 1.25 bits per heavy atom. The first-order chi connectivity index (χ1) is 9.47. The van der Waals surface area contributed by atoms with E-state index in [-0.39, 0.29) is 31.7 Å². The number of nitro benzene ring substituents is 1. The number of benzene rings is 1. The zero-order valence-corrected chi connectivity index (χ0v) is 10.9. The third-order valence-corrected chi connectivity index (χ3v) is 2.32. The first kappa shape index (κ1) is 17.8. The highest BCUT2D eigenvalue weighted by Crippen LogP contribution is 2.24. The molecule has 0 saturated heterocycles. The number of carboxylic acids is 1. The highest BCUT2D eigenvalue weighted by molar-refractivity contribution is 5.78. The van der Waals surface area contributed by atoms with Crippen LogP contribution in [0.5, 0.6) is 0 Å². The molecule has 1 aromatic rings. The van der Waals surface area contributed by atoms with Crippen LogP contribution in [0.1, 0.15) is 11.1 Å². The Balaban J connectivity index is 0.000000621. The van der Waals surface area contributed by atoms with Gasteiger partial charge in [-0.1, -0.05) is 24.8 Å². The first-order valence-corrected chi connectivity index (χ1v) is 5.80. The van der Waals surface area contributed by atoms with E-state index in [9.17, 15) is 14.9 Å². The summed E-state index contributed by atoms with van der Waals surface area (Å²) < 4.78 is 0. The highest BCUT2D eigenvalue weighted by atomic mass is 16.6. The number of hydrogen-bond donors (Lipinski definition) is 3. The van der Waals surface area contributed by atoms with Crippen LogP contribution in [-0.2, 0) is 17.6 Å². The lowest BCUT2D eigenvalue weighted by atomic mass is 10.0.